The first-order valence-corrected chi connectivity index (χ1v) is 8.72. The number of hydrogen-bond donors (Lipinski definition) is 2. The van der Waals surface area contributed by atoms with E-state index >= 15 is 0 Å². The number of anilines is 1. The number of hydrogen-bond acceptors (Lipinski definition) is 3. The van der Waals surface area contributed by atoms with E-state index < -0.39 is 18.2 Å². The summed E-state index contributed by atoms with van der Waals surface area (Å²) in [6.07, 6.45) is 3.26. The fourth-order valence-electron chi connectivity index (χ4n) is 2.98. The molecule has 0 atom stereocenters. The van der Waals surface area contributed by atoms with Gasteiger partial charge in [0.05, 0.1) is 23.9 Å². The standard InChI is InChI=1S/C19H22FN3O3/c1-11(2)10-23-18(12-3-4-12)15(9-21-23)19(26)22-14-6-5-13(7-17(24)25)16(20)8-14/h5-6,8-9,11-12H,3-4,7,10H2,1-2H3,(H,22,26)(H,24,25). The lowest BCUT2D eigenvalue weighted by atomic mass is 10.1. The molecular formula is C19H22FN3O3. The summed E-state index contributed by atoms with van der Waals surface area (Å²) in [6, 6.07) is 4.03. The highest BCUT2D eigenvalue weighted by molar-refractivity contribution is 6.05. The lowest BCUT2D eigenvalue weighted by Crippen LogP contribution is -2.16. The molecule has 138 valence electrons. The maximum Gasteiger partial charge on any atom is 0.307 e. The van der Waals surface area contributed by atoms with Crippen LogP contribution >= 0.6 is 0 Å². The minimum atomic E-state index is -1.10. The van der Waals surface area contributed by atoms with Gasteiger partial charge in [0.1, 0.15) is 5.82 Å². The SMILES string of the molecule is CC(C)Cn1ncc(C(=O)Nc2ccc(CC(=O)O)c(F)c2)c1C1CC1. The molecule has 0 spiro atoms. The van der Waals surface area contributed by atoms with Gasteiger partial charge in [0.2, 0.25) is 0 Å². The highest BCUT2D eigenvalue weighted by Crippen LogP contribution is 2.42. The van der Waals surface area contributed by atoms with Crippen LogP contribution in [0.25, 0.3) is 0 Å². The van der Waals surface area contributed by atoms with Crippen molar-refractivity contribution >= 4 is 17.6 Å². The zero-order valence-corrected chi connectivity index (χ0v) is 14.8. The molecule has 0 aliphatic heterocycles. The van der Waals surface area contributed by atoms with E-state index in [1.807, 2.05) is 4.68 Å². The van der Waals surface area contributed by atoms with Gasteiger partial charge in [-0.3, -0.25) is 14.3 Å². The zero-order valence-electron chi connectivity index (χ0n) is 14.8. The van der Waals surface area contributed by atoms with E-state index in [2.05, 4.69) is 24.3 Å². The number of carboxylic acids is 1. The molecule has 0 unspecified atom stereocenters. The summed E-state index contributed by atoms with van der Waals surface area (Å²) < 4.78 is 15.9. The molecule has 7 heteroatoms. The van der Waals surface area contributed by atoms with Crippen LogP contribution in [-0.2, 0) is 17.8 Å². The normalized spacial score (nSPS) is 13.8. The number of carbonyl (C=O) groups is 2. The summed E-state index contributed by atoms with van der Waals surface area (Å²) in [5.74, 6) is -1.31. The number of aliphatic carboxylic acids is 1. The Hall–Kier alpha value is -2.70. The summed E-state index contributed by atoms with van der Waals surface area (Å²) in [7, 11) is 0. The molecule has 2 aromatic rings. The number of aromatic nitrogens is 2. The lowest BCUT2D eigenvalue weighted by Gasteiger charge is -2.11. The quantitative estimate of drug-likeness (QED) is 0.793. The molecule has 6 nitrogen and oxygen atoms in total. The second kappa shape index (κ2) is 7.27. The van der Waals surface area contributed by atoms with Crippen LogP contribution in [0.2, 0.25) is 0 Å². The number of carbonyl (C=O) groups excluding carboxylic acids is 1. The van der Waals surface area contributed by atoms with Crippen LogP contribution in [0.4, 0.5) is 10.1 Å². The first-order chi connectivity index (χ1) is 12.3. The Balaban J connectivity index is 1.79. The van der Waals surface area contributed by atoms with Gasteiger partial charge in [-0.2, -0.15) is 5.10 Å². The van der Waals surface area contributed by atoms with Crippen LogP contribution in [0, 0.1) is 11.7 Å². The number of carboxylic acid groups (broad SMARTS) is 1. The summed E-state index contributed by atoms with van der Waals surface area (Å²) in [6.45, 7) is 4.94. The molecule has 0 bridgehead atoms. The summed E-state index contributed by atoms with van der Waals surface area (Å²) >= 11 is 0. The van der Waals surface area contributed by atoms with Gasteiger partial charge in [-0.25, -0.2) is 4.39 Å². The van der Waals surface area contributed by atoms with Crippen molar-refractivity contribution in [2.75, 3.05) is 5.32 Å². The predicted molar refractivity (Wildman–Crippen MR) is 94.7 cm³/mol. The van der Waals surface area contributed by atoms with E-state index in [1.165, 1.54) is 12.1 Å². The minimum absolute atomic E-state index is 0.0823. The number of amides is 1. The summed E-state index contributed by atoms with van der Waals surface area (Å²) in [4.78, 5) is 23.4. The van der Waals surface area contributed by atoms with Gasteiger partial charge < -0.3 is 10.4 Å². The molecule has 2 N–H and O–H groups in total. The van der Waals surface area contributed by atoms with Crippen LogP contribution < -0.4 is 5.32 Å². The molecule has 1 aromatic heterocycles. The van der Waals surface area contributed by atoms with Gasteiger partial charge >= 0.3 is 5.97 Å². The molecule has 1 amide bonds. The zero-order chi connectivity index (χ0) is 18.8. The van der Waals surface area contributed by atoms with Crippen molar-refractivity contribution in [2.45, 2.75) is 45.6 Å². The number of benzene rings is 1. The fraction of sp³-hybridized carbons (Fsp3) is 0.421. The molecule has 3 rings (SSSR count). The molecule has 0 saturated heterocycles. The van der Waals surface area contributed by atoms with Crippen molar-refractivity contribution in [3.63, 3.8) is 0 Å². The summed E-state index contributed by atoms with van der Waals surface area (Å²) in [5, 5.41) is 15.8. The van der Waals surface area contributed by atoms with Crippen molar-refractivity contribution in [2.24, 2.45) is 5.92 Å². The second-order valence-corrected chi connectivity index (χ2v) is 7.12. The van der Waals surface area contributed by atoms with E-state index in [1.54, 1.807) is 6.20 Å². The van der Waals surface area contributed by atoms with E-state index in [9.17, 15) is 14.0 Å². The average molecular weight is 359 g/mol. The Bertz CT molecular complexity index is 841. The minimum Gasteiger partial charge on any atom is -0.481 e. The molecule has 0 radical (unpaired) electrons. The maximum absolute atomic E-state index is 14.0. The molecule has 1 aliphatic carbocycles. The smallest absolute Gasteiger partial charge is 0.307 e. The van der Waals surface area contributed by atoms with Crippen LogP contribution in [0.5, 0.6) is 0 Å². The summed E-state index contributed by atoms with van der Waals surface area (Å²) in [5.41, 5.74) is 1.83. The largest absolute Gasteiger partial charge is 0.481 e. The topological polar surface area (TPSA) is 84.2 Å². The Labute approximate surface area is 151 Å². The van der Waals surface area contributed by atoms with E-state index in [4.69, 9.17) is 5.11 Å². The fourth-order valence-corrected chi connectivity index (χ4v) is 2.98. The Morgan fingerprint density at radius 2 is 2.12 bits per heavy atom. The van der Waals surface area contributed by atoms with Crippen molar-refractivity contribution in [1.82, 2.24) is 9.78 Å². The predicted octanol–water partition coefficient (Wildman–Crippen LogP) is 3.44. The van der Waals surface area contributed by atoms with Crippen molar-refractivity contribution in [3.8, 4) is 0 Å². The van der Waals surface area contributed by atoms with Crippen molar-refractivity contribution in [1.29, 1.82) is 0 Å². The van der Waals surface area contributed by atoms with Crippen LogP contribution in [0.3, 0.4) is 0 Å². The second-order valence-electron chi connectivity index (χ2n) is 7.12. The first kappa shape index (κ1) is 18.1. The monoisotopic (exact) mass is 359 g/mol. The van der Waals surface area contributed by atoms with Gasteiger partial charge in [-0.05, 0) is 36.5 Å². The molecule has 1 saturated carbocycles. The van der Waals surface area contributed by atoms with Gasteiger partial charge in [-0.15, -0.1) is 0 Å². The van der Waals surface area contributed by atoms with Gasteiger partial charge in [0.15, 0.2) is 0 Å². The van der Waals surface area contributed by atoms with Gasteiger partial charge in [-0.1, -0.05) is 19.9 Å². The van der Waals surface area contributed by atoms with Crippen LogP contribution in [0.15, 0.2) is 24.4 Å². The Morgan fingerprint density at radius 1 is 1.38 bits per heavy atom. The third-order valence-corrected chi connectivity index (χ3v) is 4.28. The molecule has 1 fully saturated rings. The molecule has 1 aliphatic rings. The first-order valence-electron chi connectivity index (χ1n) is 8.72. The number of halogens is 1. The molecule has 1 heterocycles. The number of nitrogens with one attached hydrogen (secondary N) is 1. The number of nitrogens with zero attached hydrogens (tertiary/aromatic N) is 2. The van der Waals surface area contributed by atoms with Crippen LogP contribution in [-0.4, -0.2) is 26.8 Å². The van der Waals surface area contributed by atoms with Gasteiger partial charge in [0.25, 0.3) is 5.91 Å². The third-order valence-electron chi connectivity index (χ3n) is 4.28. The Morgan fingerprint density at radius 3 is 2.69 bits per heavy atom. The van der Waals surface area contributed by atoms with E-state index in [-0.39, 0.29) is 11.5 Å². The van der Waals surface area contributed by atoms with Crippen molar-refractivity contribution in [3.05, 3.63) is 47.0 Å². The molecule has 1 aromatic carbocycles. The number of rotatable bonds is 7. The van der Waals surface area contributed by atoms with Crippen molar-refractivity contribution < 1.29 is 19.1 Å². The highest BCUT2D eigenvalue weighted by atomic mass is 19.1. The van der Waals surface area contributed by atoms with E-state index in [0.717, 1.165) is 31.1 Å². The molecule has 26 heavy (non-hydrogen) atoms. The third kappa shape index (κ3) is 4.09. The highest BCUT2D eigenvalue weighted by Gasteiger charge is 2.32. The maximum atomic E-state index is 14.0. The van der Waals surface area contributed by atoms with Gasteiger partial charge in [0, 0.05) is 18.2 Å². The average Bonchev–Trinajstić information content (AvgIpc) is 3.30. The van der Waals surface area contributed by atoms with Crippen LogP contribution in [0.1, 0.15) is 54.2 Å². The Kier molecular flexibility index (Phi) is 5.06. The van der Waals surface area contributed by atoms with E-state index in [0.29, 0.717) is 23.1 Å². The molecular weight excluding hydrogens is 337 g/mol. The lowest BCUT2D eigenvalue weighted by molar-refractivity contribution is -0.136.